The first kappa shape index (κ1) is 15.9. The van der Waals surface area contributed by atoms with Crippen LogP contribution in [0.25, 0.3) is 11.5 Å². The number of aryl methyl sites for hydroxylation is 1. The van der Waals surface area contributed by atoms with E-state index in [0.29, 0.717) is 24.8 Å². The summed E-state index contributed by atoms with van der Waals surface area (Å²) in [7, 11) is 0. The molecule has 3 aromatic heterocycles. The van der Waals surface area contributed by atoms with Gasteiger partial charge in [0.1, 0.15) is 18.5 Å². The van der Waals surface area contributed by atoms with Crippen molar-refractivity contribution in [3.63, 3.8) is 0 Å². The van der Waals surface area contributed by atoms with Crippen molar-refractivity contribution in [3.8, 4) is 11.5 Å². The molecule has 4 aromatic rings. The van der Waals surface area contributed by atoms with Crippen molar-refractivity contribution in [1.29, 1.82) is 0 Å². The van der Waals surface area contributed by atoms with E-state index in [2.05, 4.69) is 54.8 Å². The minimum absolute atomic E-state index is 0.491. The van der Waals surface area contributed by atoms with Gasteiger partial charge in [-0.3, -0.25) is 0 Å². The standard InChI is InChI=1S/C18H17N7O/c1-13-23-18(26-24-13)16-6-7-20-17(8-16)21-9-14-2-4-15(5-3-14)10-25-12-19-11-22-25/h2-8,11-12H,9-10H2,1H3,(H,20,21). The number of nitrogens with one attached hydrogen (secondary N) is 1. The van der Waals surface area contributed by atoms with Gasteiger partial charge in [-0.25, -0.2) is 14.6 Å². The van der Waals surface area contributed by atoms with Gasteiger partial charge in [0.25, 0.3) is 5.89 Å². The summed E-state index contributed by atoms with van der Waals surface area (Å²) in [4.78, 5) is 12.5. The Hall–Kier alpha value is -3.55. The Balaban J connectivity index is 1.39. The fraction of sp³-hybridized carbons (Fsp3) is 0.167. The summed E-state index contributed by atoms with van der Waals surface area (Å²) in [6.45, 7) is 3.17. The highest BCUT2D eigenvalue weighted by molar-refractivity contribution is 5.57. The van der Waals surface area contributed by atoms with Gasteiger partial charge in [-0.15, -0.1) is 0 Å². The summed E-state index contributed by atoms with van der Waals surface area (Å²) >= 11 is 0. The van der Waals surface area contributed by atoms with Crippen LogP contribution in [0.15, 0.2) is 59.8 Å². The summed E-state index contributed by atoms with van der Waals surface area (Å²) in [6, 6.07) is 12.1. The second kappa shape index (κ2) is 7.14. The molecule has 0 aliphatic rings. The number of benzene rings is 1. The van der Waals surface area contributed by atoms with Gasteiger partial charge in [0.15, 0.2) is 5.82 Å². The molecule has 0 bridgehead atoms. The molecule has 4 rings (SSSR count). The first-order chi connectivity index (χ1) is 12.8. The average molecular weight is 347 g/mol. The predicted octanol–water partition coefficient (Wildman–Crippen LogP) is 2.69. The van der Waals surface area contributed by atoms with Crippen LogP contribution in [0.2, 0.25) is 0 Å². The molecule has 1 aromatic carbocycles. The van der Waals surface area contributed by atoms with E-state index < -0.39 is 0 Å². The summed E-state index contributed by atoms with van der Waals surface area (Å²) < 4.78 is 6.99. The quantitative estimate of drug-likeness (QED) is 0.573. The Morgan fingerprint density at radius 2 is 1.96 bits per heavy atom. The zero-order valence-corrected chi connectivity index (χ0v) is 14.2. The van der Waals surface area contributed by atoms with Crippen LogP contribution in [0.1, 0.15) is 17.0 Å². The minimum Gasteiger partial charge on any atom is -0.366 e. The molecule has 130 valence electrons. The third kappa shape index (κ3) is 3.75. The predicted molar refractivity (Wildman–Crippen MR) is 95.2 cm³/mol. The smallest absolute Gasteiger partial charge is 0.258 e. The van der Waals surface area contributed by atoms with Crippen molar-refractivity contribution in [1.82, 2.24) is 29.9 Å². The van der Waals surface area contributed by atoms with Crippen LogP contribution in [0.4, 0.5) is 5.82 Å². The molecule has 0 saturated carbocycles. The molecule has 0 saturated heterocycles. The highest BCUT2D eigenvalue weighted by Gasteiger charge is 2.07. The lowest BCUT2D eigenvalue weighted by Crippen LogP contribution is -2.03. The van der Waals surface area contributed by atoms with Gasteiger partial charge in [-0.2, -0.15) is 10.1 Å². The zero-order chi connectivity index (χ0) is 17.8. The van der Waals surface area contributed by atoms with Crippen LogP contribution in [0.3, 0.4) is 0 Å². The molecule has 8 nitrogen and oxygen atoms in total. The molecule has 0 aliphatic heterocycles. The fourth-order valence-corrected chi connectivity index (χ4v) is 2.53. The van der Waals surface area contributed by atoms with Crippen LogP contribution in [0.5, 0.6) is 0 Å². The van der Waals surface area contributed by atoms with Gasteiger partial charge in [-0.1, -0.05) is 29.4 Å². The summed E-state index contributed by atoms with van der Waals surface area (Å²) in [5, 5.41) is 11.2. The van der Waals surface area contributed by atoms with Crippen LogP contribution >= 0.6 is 0 Å². The van der Waals surface area contributed by atoms with Gasteiger partial charge in [0, 0.05) is 18.3 Å². The summed E-state index contributed by atoms with van der Waals surface area (Å²) in [6.07, 6.45) is 4.96. The molecular weight excluding hydrogens is 330 g/mol. The highest BCUT2D eigenvalue weighted by atomic mass is 16.5. The van der Waals surface area contributed by atoms with E-state index in [1.165, 1.54) is 11.9 Å². The van der Waals surface area contributed by atoms with Crippen molar-refractivity contribution >= 4 is 5.82 Å². The SMILES string of the molecule is Cc1noc(-c2ccnc(NCc3ccc(Cn4cncn4)cc3)c2)n1. The number of aromatic nitrogens is 6. The van der Waals surface area contributed by atoms with Crippen molar-refractivity contribution < 1.29 is 4.52 Å². The van der Waals surface area contributed by atoms with E-state index in [9.17, 15) is 0 Å². The number of anilines is 1. The van der Waals surface area contributed by atoms with Gasteiger partial charge in [0.05, 0.1) is 6.54 Å². The molecule has 0 amide bonds. The van der Waals surface area contributed by atoms with Crippen LogP contribution < -0.4 is 5.32 Å². The van der Waals surface area contributed by atoms with E-state index in [1.54, 1.807) is 24.1 Å². The van der Waals surface area contributed by atoms with Crippen LogP contribution in [-0.4, -0.2) is 29.9 Å². The Labute approximate surface area is 149 Å². The minimum atomic E-state index is 0.491. The zero-order valence-electron chi connectivity index (χ0n) is 14.2. The Morgan fingerprint density at radius 1 is 1.12 bits per heavy atom. The van der Waals surface area contributed by atoms with Crippen molar-refractivity contribution in [2.45, 2.75) is 20.0 Å². The lowest BCUT2D eigenvalue weighted by molar-refractivity contribution is 0.425. The molecule has 26 heavy (non-hydrogen) atoms. The third-order valence-corrected chi connectivity index (χ3v) is 3.84. The first-order valence-corrected chi connectivity index (χ1v) is 8.17. The maximum absolute atomic E-state index is 5.20. The molecule has 0 atom stereocenters. The monoisotopic (exact) mass is 347 g/mol. The van der Waals surface area contributed by atoms with Crippen LogP contribution in [0, 0.1) is 6.92 Å². The topological polar surface area (TPSA) is 94.6 Å². The lowest BCUT2D eigenvalue weighted by Gasteiger charge is -2.07. The number of nitrogens with zero attached hydrogens (tertiary/aromatic N) is 6. The van der Waals surface area contributed by atoms with Crippen molar-refractivity contribution in [3.05, 3.63) is 72.2 Å². The third-order valence-electron chi connectivity index (χ3n) is 3.84. The molecule has 8 heteroatoms. The number of hydrogen-bond acceptors (Lipinski definition) is 7. The van der Waals surface area contributed by atoms with Gasteiger partial charge in [0.2, 0.25) is 0 Å². The molecule has 1 N–H and O–H groups in total. The highest BCUT2D eigenvalue weighted by Crippen LogP contribution is 2.19. The Kier molecular flexibility index (Phi) is 4.38. The molecule has 0 spiro atoms. The molecule has 0 unspecified atom stereocenters. The van der Waals surface area contributed by atoms with Gasteiger partial charge in [-0.05, 0) is 30.2 Å². The maximum atomic E-state index is 5.20. The van der Waals surface area contributed by atoms with E-state index in [-0.39, 0.29) is 0 Å². The van der Waals surface area contributed by atoms with E-state index >= 15 is 0 Å². The van der Waals surface area contributed by atoms with Gasteiger partial charge >= 0.3 is 0 Å². The second-order valence-corrected chi connectivity index (χ2v) is 5.84. The maximum Gasteiger partial charge on any atom is 0.258 e. The molecular formula is C18H17N7O. The van der Waals surface area contributed by atoms with Crippen molar-refractivity contribution in [2.24, 2.45) is 0 Å². The van der Waals surface area contributed by atoms with E-state index in [0.717, 1.165) is 16.9 Å². The molecule has 0 radical (unpaired) electrons. The van der Waals surface area contributed by atoms with Crippen LogP contribution in [-0.2, 0) is 13.1 Å². The summed E-state index contributed by atoms with van der Waals surface area (Å²) in [5.74, 6) is 1.85. The first-order valence-electron chi connectivity index (χ1n) is 8.17. The lowest BCUT2D eigenvalue weighted by atomic mass is 10.1. The average Bonchev–Trinajstić information content (AvgIpc) is 3.33. The summed E-state index contributed by atoms with van der Waals surface area (Å²) in [5.41, 5.74) is 3.17. The number of rotatable bonds is 6. The molecule has 0 fully saturated rings. The number of pyridine rings is 1. The Bertz CT molecular complexity index is 977. The largest absolute Gasteiger partial charge is 0.366 e. The fourth-order valence-electron chi connectivity index (χ4n) is 2.53. The number of hydrogen-bond donors (Lipinski definition) is 1. The Morgan fingerprint density at radius 3 is 2.69 bits per heavy atom. The molecule has 3 heterocycles. The normalized spacial score (nSPS) is 10.8. The van der Waals surface area contributed by atoms with Gasteiger partial charge < -0.3 is 9.84 Å². The van der Waals surface area contributed by atoms with Crippen molar-refractivity contribution in [2.75, 3.05) is 5.32 Å². The molecule has 0 aliphatic carbocycles. The second-order valence-electron chi connectivity index (χ2n) is 5.84. The van der Waals surface area contributed by atoms with E-state index in [4.69, 9.17) is 4.52 Å². The van der Waals surface area contributed by atoms with E-state index in [1.807, 2.05) is 12.1 Å².